The normalized spacial score (nSPS) is 18.3. The molecule has 2 aliphatic rings. The van der Waals surface area contributed by atoms with Crippen molar-refractivity contribution in [3.63, 3.8) is 0 Å². The van der Waals surface area contributed by atoms with Gasteiger partial charge in [-0.1, -0.05) is 23.7 Å². The average Bonchev–Trinajstić information content (AvgIpc) is 3.17. The van der Waals surface area contributed by atoms with Gasteiger partial charge < -0.3 is 19.9 Å². The monoisotopic (exact) mass is 457 g/mol. The highest BCUT2D eigenvalue weighted by atomic mass is 35.5. The Morgan fingerprint density at radius 2 is 1.88 bits per heavy atom. The number of fused-ring (bicyclic) bond motifs is 1. The minimum atomic E-state index is -0.511. The Hall–Kier alpha value is -2.87. The van der Waals surface area contributed by atoms with Gasteiger partial charge in [-0.2, -0.15) is 0 Å². The fourth-order valence-electron chi connectivity index (χ4n) is 4.04. The maximum absolute atomic E-state index is 12.7. The van der Waals surface area contributed by atoms with E-state index < -0.39 is 5.60 Å². The molecule has 170 valence electrons. The van der Waals surface area contributed by atoms with Crippen molar-refractivity contribution in [2.75, 3.05) is 31.1 Å². The van der Waals surface area contributed by atoms with Crippen LogP contribution in [0.2, 0.25) is 5.02 Å². The van der Waals surface area contributed by atoms with Crippen LogP contribution in [0.25, 0.3) is 0 Å². The number of carbonyl (C=O) groups excluding carboxylic acids is 2. The van der Waals surface area contributed by atoms with Crippen molar-refractivity contribution in [3.8, 4) is 0 Å². The van der Waals surface area contributed by atoms with E-state index in [2.05, 4.69) is 15.3 Å². The molecule has 8 nitrogen and oxygen atoms in total. The smallest absolute Gasteiger partial charge is 0.410 e. The van der Waals surface area contributed by atoms with E-state index >= 15 is 0 Å². The van der Waals surface area contributed by atoms with E-state index in [-0.39, 0.29) is 23.7 Å². The lowest BCUT2D eigenvalue weighted by Gasteiger charge is -2.36. The van der Waals surface area contributed by atoms with Crippen LogP contribution < -0.4 is 10.2 Å². The topological polar surface area (TPSA) is 87.7 Å². The minimum absolute atomic E-state index is 0.0707. The SMILES string of the molecule is CC(C)(C)OC(=O)N1CCN(c2cnc(C(=O)NC3CCc4c(Cl)cccc43)cn2)CC1. The number of amides is 2. The van der Waals surface area contributed by atoms with Gasteiger partial charge >= 0.3 is 6.09 Å². The number of nitrogens with one attached hydrogen (secondary N) is 1. The largest absolute Gasteiger partial charge is 0.444 e. The highest BCUT2D eigenvalue weighted by Crippen LogP contribution is 2.35. The number of anilines is 1. The van der Waals surface area contributed by atoms with E-state index in [9.17, 15) is 9.59 Å². The van der Waals surface area contributed by atoms with Gasteiger partial charge in [0, 0.05) is 31.2 Å². The molecule has 1 saturated heterocycles. The van der Waals surface area contributed by atoms with Crippen LogP contribution in [0, 0.1) is 0 Å². The van der Waals surface area contributed by atoms with Crippen molar-refractivity contribution in [3.05, 3.63) is 52.4 Å². The summed E-state index contributed by atoms with van der Waals surface area (Å²) >= 11 is 6.27. The molecule has 1 fully saturated rings. The van der Waals surface area contributed by atoms with Crippen molar-refractivity contribution in [1.29, 1.82) is 0 Å². The van der Waals surface area contributed by atoms with Crippen molar-refractivity contribution in [1.82, 2.24) is 20.2 Å². The molecule has 1 aliphatic heterocycles. The Labute approximate surface area is 192 Å². The third kappa shape index (κ3) is 4.96. The predicted molar refractivity (Wildman–Crippen MR) is 122 cm³/mol. The lowest BCUT2D eigenvalue weighted by molar-refractivity contribution is 0.0240. The first-order valence-electron chi connectivity index (χ1n) is 10.8. The number of carbonyl (C=O) groups is 2. The van der Waals surface area contributed by atoms with Gasteiger partial charge in [-0.3, -0.25) is 4.79 Å². The number of hydrogen-bond donors (Lipinski definition) is 1. The van der Waals surface area contributed by atoms with Crippen molar-refractivity contribution >= 4 is 29.4 Å². The Bertz CT molecular complexity index is 998. The first kappa shape index (κ1) is 22.3. The molecular formula is C23H28ClN5O3. The van der Waals surface area contributed by atoms with Crippen LogP contribution >= 0.6 is 11.6 Å². The number of rotatable bonds is 3. The molecule has 9 heteroatoms. The summed E-state index contributed by atoms with van der Waals surface area (Å²) in [5.41, 5.74) is 1.93. The van der Waals surface area contributed by atoms with E-state index in [1.165, 1.54) is 6.20 Å². The van der Waals surface area contributed by atoms with Crippen molar-refractivity contribution in [2.24, 2.45) is 0 Å². The fraction of sp³-hybridized carbons (Fsp3) is 0.478. The first-order valence-corrected chi connectivity index (χ1v) is 11.2. The van der Waals surface area contributed by atoms with Crippen LogP contribution in [0.5, 0.6) is 0 Å². The molecular weight excluding hydrogens is 430 g/mol. The molecule has 1 aliphatic carbocycles. The highest BCUT2D eigenvalue weighted by Gasteiger charge is 2.28. The number of piperazine rings is 1. The molecule has 1 aromatic carbocycles. The molecule has 1 aromatic heterocycles. The van der Waals surface area contributed by atoms with Crippen LogP contribution in [0.1, 0.15) is 54.8 Å². The van der Waals surface area contributed by atoms with Crippen LogP contribution in [0.4, 0.5) is 10.6 Å². The standard InChI is InChI=1S/C23H28ClN5O3/c1-23(2,3)32-22(31)29-11-9-28(10-12-29)20-14-25-19(13-26-20)21(30)27-18-8-7-15-16(18)5-4-6-17(15)24/h4-6,13-14,18H,7-12H2,1-3H3,(H,27,30). The fourth-order valence-corrected chi connectivity index (χ4v) is 4.31. The second-order valence-corrected chi connectivity index (χ2v) is 9.49. The maximum Gasteiger partial charge on any atom is 0.410 e. The number of halogens is 1. The third-order valence-corrected chi connectivity index (χ3v) is 6.00. The van der Waals surface area contributed by atoms with Crippen molar-refractivity contribution in [2.45, 2.75) is 45.3 Å². The van der Waals surface area contributed by atoms with E-state index in [1.54, 1.807) is 11.1 Å². The molecule has 1 N–H and O–H groups in total. The summed E-state index contributed by atoms with van der Waals surface area (Å²) in [5.74, 6) is 0.431. The maximum atomic E-state index is 12.7. The minimum Gasteiger partial charge on any atom is -0.444 e. The molecule has 0 bridgehead atoms. The molecule has 32 heavy (non-hydrogen) atoms. The van der Waals surface area contributed by atoms with Crippen molar-refractivity contribution < 1.29 is 14.3 Å². The summed E-state index contributed by atoms with van der Waals surface area (Å²) in [4.78, 5) is 37.4. The average molecular weight is 458 g/mol. The summed E-state index contributed by atoms with van der Waals surface area (Å²) in [7, 11) is 0. The predicted octanol–water partition coefficient (Wildman–Crippen LogP) is 3.60. The quantitative estimate of drug-likeness (QED) is 0.757. The number of hydrogen-bond acceptors (Lipinski definition) is 6. The molecule has 0 spiro atoms. The summed E-state index contributed by atoms with van der Waals surface area (Å²) in [6.07, 6.45) is 4.47. The van der Waals surface area contributed by atoms with Gasteiger partial charge in [-0.15, -0.1) is 0 Å². The number of nitrogens with zero attached hydrogens (tertiary/aromatic N) is 4. The number of benzene rings is 1. The molecule has 1 atom stereocenters. The number of aromatic nitrogens is 2. The summed E-state index contributed by atoms with van der Waals surface area (Å²) in [6.45, 7) is 7.91. The Morgan fingerprint density at radius 3 is 2.53 bits per heavy atom. The Morgan fingerprint density at radius 1 is 1.12 bits per heavy atom. The first-order chi connectivity index (χ1) is 15.2. The van der Waals surface area contributed by atoms with Gasteiger partial charge in [0.1, 0.15) is 17.1 Å². The van der Waals surface area contributed by atoms with Gasteiger partial charge in [0.05, 0.1) is 18.4 Å². The van der Waals surface area contributed by atoms with Gasteiger partial charge in [-0.05, 0) is 50.8 Å². The van der Waals surface area contributed by atoms with E-state index in [0.29, 0.717) is 32.0 Å². The lowest BCUT2D eigenvalue weighted by atomic mass is 10.1. The highest BCUT2D eigenvalue weighted by molar-refractivity contribution is 6.31. The second-order valence-electron chi connectivity index (χ2n) is 9.09. The second kappa shape index (κ2) is 8.94. The van der Waals surface area contributed by atoms with Gasteiger partial charge in [0.2, 0.25) is 0 Å². The molecule has 1 unspecified atom stereocenters. The Balaban J connectivity index is 1.33. The zero-order chi connectivity index (χ0) is 22.9. The molecule has 4 rings (SSSR count). The van der Waals surface area contributed by atoms with E-state index in [1.807, 2.05) is 43.9 Å². The van der Waals surface area contributed by atoms with E-state index in [0.717, 1.165) is 29.0 Å². The molecule has 0 saturated carbocycles. The van der Waals surface area contributed by atoms with Crippen LogP contribution in [-0.4, -0.2) is 58.6 Å². The summed E-state index contributed by atoms with van der Waals surface area (Å²) in [6, 6.07) is 5.72. The molecule has 2 amide bonds. The van der Waals surface area contributed by atoms with Gasteiger partial charge in [0.25, 0.3) is 5.91 Å². The van der Waals surface area contributed by atoms with Crippen LogP contribution in [0.3, 0.4) is 0 Å². The summed E-state index contributed by atoms with van der Waals surface area (Å²) in [5, 5.41) is 3.79. The Kier molecular flexibility index (Phi) is 6.24. The zero-order valence-corrected chi connectivity index (χ0v) is 19.4. The zero-order valence-electron chi connectivity index (χ0n) is 18.6. The lowest BCUT2D eigenvalue weighted by Crippen LogP contribution is -2.50. The van der Waals surface area contributed by atoms with Gasteiger partial charge in [-0.25, -0.2) is 14.8 Å². The van der Waals surface area contributed by atoms with Gasteiger partial charge in [0.15, 0.2) is 0 Å². The van der Waals surface area contributed by atoms with Crippen LogP contribution in [-0.2, 0) is 11.2 Å². The number of ether oxygens (including phenoxy) is 1. The summed E-state index contributed by atoms with van der Waals surface area (Å²) < 4.78 is 5.43. The molecule has 2 heterocycles. The molecule has 2 aromatic rings. The third-order valence-electron chi connectivity index (χ3n) is 5.65. The van der Waals surface area contributed by atoms with Crippen LogP contribution in [0.15, 0.2) is 30.6 Å². The molecule has 0 radical (unpaired) electrons. The van der Waals surface area contributed by atoms with E-state index in [4.69, 9.17) is 16.3 Å².